The number of hydrogen-bond donors (Lipinski definition) is 0. The van der Waals surface area contributed by atoms with Gasteiger partial charge in [-0.3, -0.25) is 9.78 Å². The second-order valence-corrected chi connectivity index (χ2v) is 11.4. The lowest BCUT2D eigenvalue weighted by molar-refractivity contribution is -0.144. The predicted octanol–water partition coefficient (Wildman–Crippen LogP) is 6.77. The summed E-state index contributed by atoms with van der Waals surface area (Å²) in [5.74, 6) is 0.764. The maximum atomic E-state index is 13.6. The van der Waals surface area contributed by atoms with E-state index in [4.69, 9.17) is 9.47 Å². The van der Waals surface area contributed by atoms with E-state index in [9.17, 15) is 14.0 Å². The van der Waals surface area contributed by atoms with Gasteiger partial charge in [-0.05, 0) is 98.9 Å². The fraction of sp³-hybridized carbons (Fsp3) is 0.483. The number of benzene rings is 1. The molecule has 1 aromatic carbocycles. The lowest BCUT2D eigenvalue weighted by Gasteiger charge is -2.47. The van der Waals surface area contributed by atoms with E-state index in [0.717, 1.165) is 42.5 Å². The normalized spacial score (nSPS) is 31.5. The molecule has 0 N–H and O–H groups in total. The highest BCUT2D eigenvalue weighted by molar-refractivity contribution is 8.13. The van der Waals surface area contributed by atoms with E-state index in [1.54, 1.807) is 12.3 Å². The third-order valence-corrected chi connectivity index (χ3v) is 9.13. The molecular formula is C29H32FNO4S. The van der Waals surface area contributed by atoms with Crippen molar-refractivity contribution in [1.29, 1.82) is 0 Å². The van der Waals surface area contributed by atoms with Crippen LogP contribution in [0.1, 0.15) is 45.2 Å². The first kappa shape index (κ1) is 25.0. The summed E-state index contributed by atoms with van der Waals surface area (Å²) in [5.41, 5.74) is 2.49. The molecule has 7 heteroatoms. The Labute approximate surface area is 215 Å². The van der Waals surface area contributed by atoms with Gasteiger partial charge in [0.1, 0.15) is 11.9 Å². The molecule has 5 nitrogen and oxygen atoms in total. The van der Waals surface area contributed by atoms with Crippen LogP contribution in [-0.2, 0) is 14.3 Å². The molecule has 7 atom stereocenters. The van der Waals surface area contributed by atoms with E-state index in [-0.39, 0.29) is 46.2 Å². The van der Waals surface area contributed by atoms with E-state index in [1.807, 2.05) is 32.0 Å². The van der Waals surface area contributed by atoms with E-state index in [2.05, 4.69) is 17.1 Å². The van der Waals surface area contributed by atoms with E-state index < -0.39 is 0 Å². The minimum Gasteiger partial charge on any atom is -0.462 e. The number of allylic oxidation sites excluding steroid dienone is 1. The number of carbonyl (C=O) groups is 2. The highest BCUT2D eigenvalue weighted by Gasteiger charge is 2.54. The number of cyclic esters (lactones) is 1. The van der Waals surface area contributed by atoms with E-state index >= 15 is 0 Å². The molecule has 0 bridgehead atoms. The number of ether oxygens (including phenoxy) is 2. The number of thioether (sulfide) groups is 1. The Morgan fingerprint density at radius 1 is 1.22 bits per heavy atom. The van der Waals surface area contributed by atoms with Crippen molar-refractivity contribution in [1.82, 2.24) is 4.98 Å². The van der Waals surface area contributed by atoms with Crippen molar-refractivity contribution in [2.45, 2.75) is 50.9 Å². The van der Waals surface area contributed by atoms with E-state index in [1.165, 1.54) is 23.9 Å². The van der Waals surface area contributed by atoms with Crippen LogP contribution in [0.25, 0.3) is 17.2 Å². The number of aromatic nitrogens is 1. The first-order valence-corrected chi connectivity index (χ1v) is 13.7. The van der Waals surface area contributed by atoms with Crippen LogP contribution in [0, 0.1) is 35.4 Å². The van der Waals surface area contributed by atoms with Gasteiger partial charge < -0.3 is 9.47 Å². The van der Waals surface area contributed by atoms with Crippen molar-refractivity contribution in [3.05, 3.63) is 60.2 Å². The zero-order chi connectivity index (χ0) is 25.2. The Balaban J connectivity index is 1.34. The summed E-state index contributed by atoms with van der Waals surface area (Å²) in [6.07, 6.45) is 9.69. The van der Waals surface area contributed by atoms with Crippen molar-refractivity contribution in [2.24, 2.45) is 29.6 Å². The zero-order valence-corrected chi connectivity index (χ0v) is 21.5. The van der Waals surface area contributed by atoms with Crippen LogP contribution < -0.4 is 0 Å². The molecule has 3 fully saturated rings. The van der Waals surface area contributed by atoms with Crippen molar-refractivity contribution in [3.8, 4) is 11.1 Å². The molecule has 2 aliphatic carbocycles. The van der Waals surface area contributed by atoms with Crippen LogP contribution in [0.15, 0.2) is 48.7 Å². The Hall–Kier alpha value is -2.67. The maximum Gasteiger partial charge on any atom is 0.367 e. The van der Waals surface area contributed by atoms with Gasteiger partial charge in [-0.2, -0.15) is 0 Å². The van der Waals surface area contributed by atoms with Gasteiger partial charge in [-0.15, -0.1) is 0 Å². The van der Waals surface area contributed by atoms with Gasteiger partial charge in [0.05, 0.1) is 18.2 Å². The molecule has 0 radical (unpaired) electrons. The first-order valence-electron chi connectivity index (χ1n) is 12.9. The van der Waals surface area contributed by atoms with Gasteiger partial charge in [-0.25, -0.2) is 9.18 Å². The van der Waals surface area contributed by atoms with Gasteiger partial charge in [0, 0.05) is 22.9 Å². The molecule has 2 heterocycles. The van der Waals surface area contributed by atoms with Crippen LogP contribution in [0.2, 0.25) is 0 Å². The van der Waals surface area contributed by atoms with Crippen molar-refractivity contribution >= 4 is 29.1 Å². The highest BCUT2D eigenvalue weighted by atomic mass is 32.2. The summed E-state index contributed by atoms with van der Waals surface area (Å²) in [4.78, 5) is 29.3. The van der Waals surface area contributed by atoms with E-state index in [0.29, 0.717) is 18.4 Å². The van der Waals surface area contributed by atoms with Crippen molar-refractivity contribution < 1.29 is 23.5 Å². The lowest BCUT2D eigenvalue weighted by Crippen LogP contribution is -2.44. The van der Waals surface area contributed by atoms with Crippen LogP contribution in [-0.4, -0.2) is 34.2 Å². The molecule has 2 saturated carbocycles. The van der Waals surface area contributed by atoms with Gasteiger partial charge in [-0.1, -0.05) is 24.3 Å². The summed E-state index contributed by atoms with van der Waals surface area (Å²) < 4.78 is 24.4. The summed E-state index contributed by atoms with van der Waals surface area (Å²) in [5, 5.41) is 0.0334. The molecule has 0 spiro atoms. The van der Waals surface area contributed by atoms with Gasteiger partial charge in [0.2, 0.25) is 0 Å². The fourth-order valence-electron chi connectivity index (χ4n) is 6.52. The Kier molecular flexibility index (Phi) is 7.47. The monoisotopic (exact) mass is 509 g/mol. The molecule has 1 aromatic heterocycles. The summed E-state index contributed by atoms with van der Waals surface area (Å²) in [7, 11) is 0. The fourth-order valence-corrected chi connectivity index (χ4v) is 7.58. The topological polar surface area (TPSA) is 65.5 Å². The molecule has 5 rings (SSSR count). The Morgan fingerprint density at radius 3 is 2.83 bits per heavy atom. The standard InChI is InChI=1S/C29H32FNO4S/c1-3-34-29(33)36-23-10-12-24-20(14-23)15-26-27(17(2)35-28(26)32)25(24)11-9-22-8-7-19(16-31-22)18-5-4-6-21(30)13-18/h4-9,11,13,16-17,20,23-27H,3,10,12,14-15H2,1-2H3/b11-9+/t17-,20+,23?,24?,25?,26-,27+/m0/s1. The van der Waals surface area contributed by atoms with Gasteiger partial charge >= 0.3 is 11.3 Å². The van der Waals surface area contributed by atoms with Crippen LogP contribution >= 0.6 is 11.8 Å². The lowest BCUT2D eigenvalue weighted by atomic mass is 9.57. The van der Waals surface area contributed by atoms with Crippen molar-refractivity contribution in [2.75, 3.05) is 6.61 Å². The van der Waals surface area contributed by atoms with Crippen LogP contribution in [0.5, 0.6) is 0 Å². The first-order chi connectivity index (χ1) is 17.4. The number of fused-ring (bicyclic) bond motifs is 2. The zero-order valence-electron chi connectivity index (χ0n) is 20.6. The second kappa shape index (κ2) is 10.8. The number of carbonyl (C=O) groups excluding carboxylic acids is 2. The molecular weight excluding hydrogens is 477 g/mol. The smallest absolute Gasteiger partial charge is 0.367 e. The molecule has 0 amide bonds. The third-order valence-electron chi connectivity index (χ3n) is 8.06. The number of hydrogen-bond acceptors (Lipinski definition) is 6. The maximum absolute atomic E-state index is 13.6. The average Bonchev–Trinajstić information content (AvgIpc) is 3.15. The largest absolute Gasteiger partial charge is 0.462 e. The molecule has 3 aliphatic rings. The molecule has 1 saturated heterocycles. The van der Waals surface area contributed by atoms with Crippen LogP contribution in [0.4, 0.5) is 9.18 Å². The molecule has 36 heavy (non-hydrogen) atoms. The molecule has 3 unspecified atom stereocenters. The number of nitrogens with zero attached hydrogens (tertiary/aromatic N) is 1. The summed E-state index contributed by atoms with van der Waals surface area (Å²) in [6, 6.07) is 10.4. The van der Waals surface area contributed by atoms with Gasteiger partial charge in [0.25, 0.3) is 0 Å². The molecule has 190 valence electrons. The van der Waals surface area contributed by atoms with Crippen molar-refractivity contribution in [3.63, 3.8) is 0 Å². The Morgan fingerprint density at radius 2 is 2.08 bits per heavy atom. The minimum absolute atomic E-state index is 0.0814. The van der Waals surface area contributed by atoms with Crippen LogP contribution in [0.3, 0.4) is 0 Å². The number of esters is 1. The average molecular weight is 510 g/mol. The molecule has 1 aliphatic heterocycles. The number of rotatable bonds is 5. The summed E-state index contributed by atoms with van der Waals surface area (Å²) in [6.45, 7) is 4.23. The SMILES string of the molecule is CCOC(=O)SC1CCC2C(/C=C/c3ccc(-c4cccc(F)c4)cn3)[C@H]3[C@H](C)OC(=O)[C@H]3C[C@H]2C1. The second-order valence-electron chi connectivity index (χ2n) is 10.1. The van der Waals surface area contributed by atoms with Gasteiger partial charge in [0.15, 0.2) is 0 Å². The number of pyridine rings is 1. The number of halogens is 1. The third kappa shape index (κ3) is 5.22. The quantitative estimate of drug-likeness (QED) is 0.414. The highest BCUT2D eigenvalue weighted by Crippen LogP contribution is 2.54. The summed E-state index contributed by atoms with van der Waals surface area (Å²) >= 11 is 1.31. The predicted molar refractivity (Wildman–Crippen MR) is 139 cm³/mol. The molecule has 2 aromatic rings. The Bertz CT molecular complexity index is 1140. The minimum atomic E-state index is -0.268.